The van der Waals surface area contributed by atoms with Crippen LogP contribution in [0.5, 0.6) is 0 Å². The van der Waals surface area contributed by atoms with Crippen LogP contribution in [-0.4, -0.2) is 22.4 Å². The van der Waals surface area contributed by atoms with Gasteiger partial charge in [0, 0.05) is 0 Å². The molecule has 0 aliphatic rings. The molecule has 2 nitrogen and oxygen atoms in total. The number of rotatable bonds is 7. The summed E-state index contributed by atoms with van der Waals surface area (Å²) in [4.78, 5) is 0. The maximum Gasteiger partial charge on any atom is 0.0796 e. The van der Waals surface area contributed by atoms with Crippen LogP contribution in [0.15, 0.2) is 0 Å². The first kappa shape index (κ1) is 11.9. The van der Waals surface area contributed by atoms with Crippen molar-refractivity contribution in [1.82, 2.24) is 0 Å². The zero-order valence-electron chi connectivity index (χ0n) is 8.29. The number of aliphatic hydroxyl groups excluding tert-OH is 2. The first-order valence-electron chi connectivity index (χ1n) is 5.04. The second-order valence-corrected chi connectivity index (χ2v) is 3.51. The van der Waals surface area contributed by atoms with E-state index in [0.717, 1.165) is 12.8 Å². The molecule has 2 N–H and O–H groups in total. The van der Waals surface area contributed by atoms with E-state index in [-0.39, 0.29) is 0 Å². The smallest absolute Gasteiger partial charge is 0.0796 e. The van der Waals surface area contributed by atoms with Gasteiger partial charge in [0.05, 0.1) is 12.2 Å². The summed E-state index contributed by atoms with van der Waals surface area (Å²) in [6.45, 7) is 3.82. The van der Waals surface area contributed by atoms with E-state index in [9.17, 15) is 5.11 Å². The Hall–Kier alpha value is -0.0800. The number of hydrogen-bond donors (Lipinski definition) is 2. The first-order chi connectivity index (χ1) is 5.68. The Morgan fingerprint density at radius 1 is 1.00 bits per heavy atom. The summed E-state index contributed by atoms with van der Waals surface area (Å²) < 4.78 is 0. The van der Waals surface area contributed by atoms with Crippen LogP contribution in [0.2, 0.25) is 0 Å². The van der Waals surface area contributed by atoms with Gasteiger partial charge in [0.1, 0.15) is 0 Å². The third kappa shape index (κ3) is 6.62. The minimum atomic E-state index is -0.573. The van der Waals surface area contributed by atoms with Gasteiger partial charge in [-0.2, -0.15) is 0 Å². The monoisotopic (exact) mass is 174 g/mol. The van der Waals surface area contributed by atoms with Gasteiger partial charge in [0.2, 0.25) is 0 Å². The predicted octanol–water partition coefficient (Wildman–Crippen LogP) is 2.09. The van der Waals surface area contributed by atoms with E-state index in [0.29, 0.717) is 0 Å². The molecule has 74 valence electrons. The molecule has 2 atom stereocenters. The molecular weight excluding hydrogens is 152 g/mol. The summed E-state index contributed by atoms with van der Waals surface area (Å²) >= 11 is 0. The van der Waals surface area contributed by atoms with E-state index in [1.165, 1.54) is 25.7 Å². The minimum absolute atomic E-state index is 0.522. The Morgan fingerprint density at radius 3 is 2.08 bits per heavy atom. The molecule has 0 aromatic heterocycles. The molecule has 0 radical (unpaired) electrons. The zero-order chi connectivity index (χ0) is 9.40. The quantitative estimate of drug-likeness (QED) is 0.580. The van der Waals surface area contributed by atoms with Crippen molar-refractivity contribution < 1.29 is 10.2 Å². The van der Waals surface area contributed by atoms with Gasteiger partial charge in [-0.1, -0.05) is 39.0 Å². The van der Waals surface area contributed by atoms with E-state index in [1.54, 1.807) is 6.92 Å². The summed E-state index contributed by atoms with van der Waals surface area (Å²) in [5.74, 6) is 0. The number of hydrogen-bond acceptors (Lipinski definition) is 2. The summed E-state index contributed by atoms with van der Waals surface area (Å²) in [7, 11) is 0. The average Bonchev–Trinajstić information content (AvgIpc) is 2.03. The van der Waals surface area contributed by atoms with Crippen molar-refractivity contribution in [3.63, 3.8) is 0 Å². The second kappa shape index (κ2) is 7.56. The van der Waals surface area contributed by atoms with Gasteiger partial charge in [0.15, 0.2) is 0 Å². The van der Waals surface area contributed by atoms with Crippen molar-refractivity contribution in [3.8, 4) is 0 Å². The molecule has 0 aliphatic heterocycles. The van der Waals surface area contributed by atoms with Gasteiger partial charge in [-0.05, 0) is 13.3 Å². The van der Waals surface area contributed by atoms with Crippen molar-refractivity contribution in [3.05, 3.63) is 0 Å². The lowest BCUT2D eigenvalue weighted by Crippen LogP contribution is -2.21. The SMILES string of the molecule is CCCCCCCC(O)C(C)O. The van der Waals surface area contributed by atoms with Crippen molar-refractivity contribution in [2.45, 2.75) is 64.6 Å². The van der Waals surface area contributed by atoms with Crippen LogP contribution in [0, 0.1) is 0 Å². The molecule has 0 aromatic carbocycles. The molecule has 0 heterocycles. The largest absolute Gasteiger partial charge is 0.391 e. The van der Waals surface area contributed by atoms with Crippen LogP contribution in [0.4, 0.5) is 0 Å². The van der Waals surface area contributed by atoms with Gasteiger partial charge in [0.25, 0.3) is 0 Å². The molecular formula is C10H22O2. The molecule has 0 saturated carbocycles. The van der Waals surface area contributed by atoms with E-state index in [4.69, 9.17) is 5.11 Å². The third-order valence-electron chi connectivity index (χ3n) is 2.16. The van der Waals surface area contributed by atoms with E-state index < -0.39 is 12.2 Å². The lowest BCUT2D eigenvalue weighted by molar-refractivity contribution is 0.0247. The highest BCUT2D eigenvalue weighted by Crippen LogP contribution is 2.08. The summed E-state index contributed by atoms with van der Waals surface area (Å²) in [5, 5.41) is 18.2. The van der Waals surface area contributed by atoms with Crippen molar-refractivity contribution in [2.24, 2.45) is 0 Å². The van der Waals surface area contributed by atoms with Crippen molar-refractivity contribution in [2.75, 3.05) is 0 Å². The van der Waals surface area contributed by atoms with Gasteiger partial charge in [-0.25, -0.2) is 0 Å². The number of aliphatic hydroxyl groups is 2. The van der Waals surface area contributed by atoms with E-state index in [1.807, 2.05) is 0 Å². The summed E-state index contributed by atoms with van der Waals surface area (Å²) in [6, 6.07) is 0. The van der Waals surface area contributed by atoms with Crippen LogP contribution in [0.3, 0.4) is 0 Å². The maximum absolute atomic E-state index is 9.23. The fraction of sp³-hybridized carbons (Fsp3) is 1.00. The Bertz CT molecular complexity index is 91.8. The highest BCUT2D eigenvalue weighted by molar-refractivity contribution is 4.61. The highest BCUT2D eigenvalue weighted by Gasteiger charge is 2.09. The fourth-order valence-electron chi connectivity index (χ4n) is 1.20. The van der Waals surface area contributed by atoms with Crippen LogP contribution in [0.1, 0.15) is 52.4 Å². The molecule has 0 saturated heterocycles. The molecule has 0 spiro atoms. The van der Waals surface area contributed by atoms with Crippen LogP contribution < -0.4 is 0 Å². The molecule has 0 aliphatic carbocycles. The van der Waals surface area contributed by atoms with Crippen LogP contribution in [-0.2, 0) is 0 Å². The summed E-state index contributed by atoms with van der Waals surface area (Å²) in [5.41, 5.74) is 0. The van der Waals surface area contributed by atoms with Gasteiger partial charge in [-0.3, -0.25) is 0 Å². The maximum atomic E-state index is 9.23. The molecule has 0 aromatic rings. The van der Waals surface area contributed by atoms with Gasteiger partial charge < -0.3 is 10.2 Å². The Kier molecular flexibility index (Phi) is 7.51. The standard InChI is InChI=1S/C10H22O2/c1-3-4-5-6-7-8-10(12)9(2)11/h9-12H,3-8H2,1-2H3. The Balaban J connectivity index is 3.08. The highest BCUT2D eigenvalue weighted by atomic mass is 16.3. The van der Waals surface area contributed by atoms with E-state index >= 15 is 0 Å². The lowest BCUT2D eigenvalue weighted by atomic mass is 10.1. The molecule has 2 heteroatoms. The predicted molar refractivity (Wildman–Crippen MR) is 51.1 cm³/mol. The normalized spacial score (nSPS) is 16.0. The average molecular weight is 174 g/mol. The van der Waals surface area contributed by atoms with Crippen molar-refractivity contribution >= 4 is 0 Å². The molecule has 12 heavy (non-hydrogen) atoms. The Morgan fingerprint density at radius 2 is 1.58 bits per heavy atom. The fourth-order valence-corrected chi connectivity index (χ4v) is 1.20. The van der Waals surface area contributed by atoms with Crippen LogP contribution >= 0.6 is 0 Å². The topological polar surface area (TPSA) is 40.5 Å². The van der Waals surface area contributed by atoms with Gasteiger partial charge in [-0.15, -0.1) is 0 Å². The first-order valence-corrected chi connectivity index (χ1v) is 5.04. The molecule has 0 amide bonds. The number of unbranched alkanes of at least 4 members (excludes halogenated alkanes) is 4. The third-order valence-corrected chi connectivity index (χ3v) is 2.16. The lowest BCUT2D eigenvalue weighted by Gasteiger charge is -2.12. The molecule has 0 rings (SSSR count). The molecule has 0 fully saturated rings. The Labute approximate surface area is 75.6 Å². The van der Waals surface area contributed by atoms with Crippen LogP contribution in [0.25, 0.3) is 0 Å². The molecule has 2 unspecified atom stereocenters. The van der Waals surface area contributed by atoms with Crippen molar-refractivity contribution in [1.29, 1.82) is 0 Å². The zero-order valence-corrected chi connectivity index (χ0v) is 8.29. The van der Waals surface area contributed by atoms with Gasteiger partial charge >= 0.3 is 0 Å². The van der Waals surface area contributed by atoms with E-state index in [2.05, 4.69) is 6.92 Å². The minimum Gasteiger partial charge on any atom is -0.391 e. The second-order valence-electron chi connectivity index (χ2n) is 3.51. The summed E-state index contributed by atoms with van der Waals surface area (Å²) in [6.07, 6.45) is 5.64. The molecule has 0 bridgehead atoms.